The predicted molar refractivity (Wildman–Crippen MR) is 65.0 cm³/mol. The molecule has 0 heterocycles. The van der Waals surface area contributed by atoms with Crippen LogP contribution in [-0.2, 0) is 0 Å². The molecule has 1 nitrogen and oxygen atoms in total. The van der Waals surface area contributed by atoms with Gasteiger partial charge >= 0.3 is 0 Å². The number of benzene rings is 1. The lowest BCUT2D eigenvalue weighted by Crippen LogP contribution is -2.21. The molecule has 2 rings (SSSR count). The SMILES string of the molecule is Cc1cc(C(N)C(C)C2CC2)c(Cl)cc1F. The van der Waals surface area contributed by atoms with E-state index < -0.39 is 0 Å². The standard InChI is InChI=1S/C13H17ClFN/c1-7-5-10(11(14)6-12(7)15)13(16)8(2)9-3-4-9/h5-6,8-9,13H,3-4,16H2,1-2H3. The summed E-state index contributed by atoms with van der Waals surface area (Å²) in [7, 11) is 0. The van der Waals surface area contributed by atoms with Crippen LogP contribution in [0.1, 0.15) is 36.9 Å². The Morgan fingerprint density at radius 1 is 1.44 bits per heavy atom. The van der Waals surface area contributed by atoms with Gasteiger partial charge in [-0.3, -0.25) is 0 Å². The molecule has 0 amide bonds. The van der Waals surface area contributed by atoms with Gasteiger partial charge in [-0.15, -0.1) is 0 Å². The number of rotatable bonds is 3. The Morgan fingerprint density at radius 3 is 2.62 bits per heavy atom. The Balaban J connectivity index is 2.28. The summed E-state index contributed by atoms with van der Waals surface area (Å²) in [6.45, 7) is 3.89. The first kappa shape index (κ1) is 11.9. The summed E-state index contributed by atoms with van der Waals surface area (Å²) in [4.78, 5) is 0. The quantitative estimate of drug-likeness (QED) is 0.855. The Morgan fingerprint density at radius 2 is 2.06 bits per heavy atom. The van der Waals surface area contributed by atoms with Gasteiger partial charge in [-0.05, 0) is 48.8 Å². The highest BCUT2D eigenvalue weighted by atomic mass is 35.5. The molecule has 0 saturated heterocycles. The van der Waals surface area contributed by atoms with Crippen LogP contribution in [0.5, 0.6) is 0 Å². The molecule has 2 N–H and O–H groups in total. The van der Waals surface area contributed by atoms with Gasteiger partial charge in [0.25, 0.3) is 0 Å². The van der Waals surface area contributed by atoms with Gasteiger partial charge in [0.05, 0.1) is 0 Å². The lowest BCUT2D eigenvalue weighted by Gasteiger charge is -2.21. The highest BCUT2D eigenvalue weighted by molar-refractivity contribution is 6.31. The predicted octanol–water partition coefficient (Wildman–Crippen LogP) is 3.83. The molecule has 16 heavy (non-hydrogen) atoms. The largest absolute Gasteiger partial charge is 0.324 e. The average molecular weight is 242 g/mol. The first-order valence-electron chi connectivity index (χ1n) is 5.72. The molecule has 2 unspecified atom stereocenters. The van der Waals surface area contributed by atoms with Crippen molar-refractivity contribution in [1.29, 1.82) is 0 Å². The molecule has 0 spiro atoms. The van der Waals surface area contributed by atoms with E-state index in [1.807, 2.05) is 0 Å². The van der Waals surface area contributed by atoms with Crippen LogP contribution >= 0.6 is 11.6 Å². The zero-order valence-corrected chi connectivity index (χ0v) is 10.4. The third kappa shape index (κ3) is 2.23. The molecule has 2 atom stereocenters. The molecule has 0 radical (unpaired) electrons. The van der Waals surface area contributed by atoms with Crippen LogP contribution in [0.2, 0.25) is 5.02 Å². The fourth-order valence-electron chi connectivity index (χ4n) is 2.13. The first-order valence-corrected chi connectivity index (χ1v) is 6.09. The topological polar surface area (TPSA) is 26.0 Å². The molecule has 1 aromatic rings. The molecule has 0 bridgehead atoms. The normalized spacial score (nSPS) is 19.6. The van der Waals surface area contributed by atoms with Crippen LogP contribution in [0.25, 0.3) is 0 Å². The van der Waals surface area contributed by atoms with Crippen molar-refractivity contribution in [3.63, 3.8) is 0 Å². The van der Waals surface area contributed by atoms with Crippen LogP contribution in [0.15, 0.2) is 12.1 Å². The van der Waals surface area contributed by atoms with E-state index in [0.29, 0.717) is 16.5 Å². The van der Waals surface area contributed by atoms with Crippen molar-refractivity contribution in [3.05, 3.63) is 34.1 Å². The Labute approximate surface area is 101 Å². The summed E-state index contributed by atoms with van der Waals surface area (Å²) in [6.07, 6.45) is 2.51. The van der Waals surface area contributed by atoms with Crippen molar-refractivity contribution in [2.24, 2.45) is 17.6 Å². The summed E-state index contributed by atoms with van der Waals surface area (Å²) < 4.78 is 13.3. The van der Waals surface area contributed by atoms with Crippen LogP contribution in [0, 0.1) is 24.6 Å². The van der Waals surface area contributed by atoms with Gasteiger partial charge in [-0.1, -0.05) is 24.6 Å². The number of halogens is 2. The van der Waals surface area contributed by atoms with Gasteiger partial charge in [-0.25, -0.2) is 4.39 Å². The minimum Gasteiger partial charge on any atom is -0.324 e. The van der Waals surface area contributed by atoms with Crippen LogP contribution in [0.4, 0.5) is 4.39 Å². The molecule has 0 aliphatic heterocycles. The maximum Gasteiger partial charge on any atom is 0.127 e. The van der Waals surface area contributed by atoms with Crippen LogP contribution in [-0.4, -0.2) is 0 Å². The second kappa shape index (κ2) is 4.34. The van der Waals surface area contributed by atoms with E-state index in [9.17, 15) is 4.39 Å². The second-order valence-electron chi connectivity index (χ2n) is 4.85. The first-order chi connectivity index (χ1) is 7.50. The fourth-order valence-corrected chi connectivity index (χ4v) is 2.41. The van der Waals surface area contributed by atoms with Gasteiger partial charge in [0.15, 0.2) is 0 Å². The minimum atomic E-state index is -0.264. The van der Waals surface area contributed by atoms with E-state index in [1.165, 1.54) is 18.9 Å². The van der Waals surface area contributed by atoms with E-state index in [1.54, 1.807) is 13.0 Å². The molecule has 1 aliphatic carbocycles. The molecule has 3 heteroatoms. The van der Waals surface area contributed by atoms with Crippen molar-refractivity contribution in [2.75, 3.05) is 0 Å². The average Bonchev–Trinajstić information content (AvgIpc) is 3.05. The molecule has 1 aromatic carbocycles. The Bertz CT molecular complexity index is 401. The molecular formula is C13H17ClFN. The van der Waals surface area contributed by atoms with Gasteiger partial charge < -0.3 is 5.73 Å². The summed E-state index contributed by atoms with van der Waals surface area (Å²) in [5, 5.41) is 0.447. The van der Waals surface area contributed by atoms with E-state index in [-0.39, 0.29) is 11.9 Å². The zero-order valence-electron chi connectivity index (χ0n) is 9.63. The van der Waals surface area contributed by atoms with E-state index in [0.717, 1.165) is 11.5 Å². The molecule has 1 saturated carbocycles. The van der Waals surface area contributed by atoms with E-state index in [2.05, 4.69) is 6.92 Å². The highest BCUT2D eigenvalue weighted by Crippen LogP contribution is 2.43. The van der Waals surface area contributed by atoms with Gasteiger partial charge in [-0.2, -0.15) is 0 Å². The van der Waals surface area contributed by atoms with Crippen LogP contribution < -0.4 is 5.73 Å². The van der Waals surface area contributed by atoms with Crippen molar-refractivity contribution in [3.8, 4) is 0 Å². The van der Waals surface area contributed by atoms with Crippen LogP contribution in [0.3, 0.4) is 0 Å². The van der Waals surface area contributed by atoms with Gasteiger partial charge in [0.2, 0.25) is 0 Å². The maximum absolute atomic E-state index is 13.3. The summed E-state index contributed by atoms with van der Waals surface area (Å²) in [6, 6.07) is 3.06. The molecule has 1 aliphatic rings. The molecule has 1 fully saturated rings. The Kier molecular flexibility index (Phi) is 3.22. The van der Waals surface area contributed by atoms with Crippen molar-refractivity contribution >= 4 is 11.6 Å². The number of aryl methyl sites for hydroxylation is 1. The molecular weight excluding hydrogens is 225 g/mol. The zero-order chi connectivity index (χ0) is 11.9. The third-order valence-electron chi connectivity index (χ3n) is 3.57. The fraction of sp³-hybridized carbons (Fsp3) is 0.538. The van der Waals surface area contributed by atoms with Gasteiger partial charge in [0.1, 0.15) is 5.82 Å². The lowest BCUT2D eigenvalue weighted by atomic mass is 9.90. The number of hydrogen-bond donors (Lipinski definition) is 1. The van der Waals surface area contributed by atoms with E-state index in [4.69, 9.17) is 17.3 Å². The third-order valence-corrected chi connectivity index (χ3v) is 3.90. The smallest absolute Gasteiger partial charge is 0.127 e. The molecule has 88 valence electrons. The monoisotopic (exact) mass is 241 g/mol. The highest BCUT2D eigenvalue weighted by Gasteiger charge is 2.33. The van der Waals surface area contributed by atoms with Crippen molar-refractivity contribution in [2.45, 2.75) is 32.7 Å². The Hall–Kier alpha value is -0.600. The number of hydrogen-bond acceptors (Lipinski definition) is 1. The maximum atomic E-state index is 13.3. The number of nitrogens with two attached hydrogens (primary N) is 1. The second-order valence-corrected chi connectivity index (χ2v) is 5.25. The van der Waals surface area contributed by atoms with Gasteiger partial charge in [0, 0.05) is 11.1 Å². The lowest BCUT2D eigenvalue weighted by molar-refractivity contribution is 0.417. The van der Waals surface area contributed by atoms with E-state index >= 15 is 0 Å². The summed E-state index contributed by atoms with van der Waals surface area (Å²) >= 11 is 6.05. The summed E-state index contributed by atoms with van der Waals surface area (Å²) in [5.74, 6) is 0.874. The minimum absolute atomic E-state index is 0.0840. The molecule has 0 aromatic heterocycles. The summed E-state index contributed by atoms with van der Waals surface area (Å²) in [5.41, 5.74) is 7.68. The van der Waals surface area contributed by atoms with Crippen molar-refractivity contribution in [1.82, 2.24) is 0 Å². The van der Waals surface area contributed by atoms with Crippen molar-refractivity contribution < 1.29 is 4.39 Å².